The Morgan fingerprint density at radius 3 is 2.27 bits per heavy atom. The van der Waals surface area contributed by atoms with Crippen molar-refractivity contribution in [2.75, 3.05) is 0 Å². The lowest BCUT2D eigenvalue weighted by atomic mass is 10.1. The quantitative estimate of drug-likeness (QED) is 0.254. The topological polar surface area (TPSA) is 119 Å². The second-order valence-corrected chi connectivity index (χ2v) is 12.1. The minimum Gasteiger partial charge on any atom is -0.480 e. The standard InChI is InChI=1S/C27H26N2O6S2/c1-27(2,36-18-21-5-3-4-15-28-21)25(26(30)31)29-37(32,33)24-12-10-23(11-13-24)35-22-8-6-19(7-9-22)20-14-16-34-17-20/h3-17,25,29H,18H2,1-2H3,(H,30,31)/t25-/m0/s1. The molecule has 37 heavy (non-hydrogen) atoms. The Balaban J connectivity index is 1.42. The molecule has 0 aliphatic rings. The van der Waals surface area contributed by atoms with Gasteiger partial charge in [0.15, 0.2) is 0 Å². The summed E-state index contributed by atoms with van der Waals surface area (Å²) in [5, 5.41) is 9.82. The van der Waals surface area contributed by atoms with E-state index in [1.807, 2.05) is 30.3 Å². The lowest BCUT2D eigenvalue weighted by Crippen LogP contribution is -2.52. The van der Waals surface area contributed by atoms with Crippen LogP contribution in [0.1, 0.15) is 19.5 Å². The summed E-state index contributed by atoms with van der Waals surface area (Å²) in [6, 6.07) is 19.2. The monoisotopic (exact) mass is 538 g/mol. The van der Waals surface area contributed by atoms with Crippen LogP contribution < -0.4 is 9.46 Å². The van der Waals surface area contributed by atoms with E-state index in [4.69, 9.17) is 9.15 Å². The van der Waals surface area contributed by atoms with Gasteiger partial charge in [0.1, 0.15) is 17.5 Å². The van der Waals surface area contributed by atoms with Gasteiger partial charge in [-0.2, -0.15) is 4.72 Å². The highest BCUT2D eigenvalue weighted by atomic mass is 32.2. The third-order valence-corrected chi connectivity index (χ3v) is 8.47. The van der Waals surface area contributed by atoms with Gasteiger partial charge in [-0.25, -0.2) is 8.42 Å². The highest BCUT2D eigenvalue weighted by Crippen LogP contribution is 2.32. The molecular formula is C27H26N2O6S2. The zero-order chi connectivity index (χ0) is 26.5. The number of sulfonamides is 1. The Labute approximate surface area is 219 Å². The molecule has 4 rings (SSSR count). The van der Waals surface area contributed by atoms with E-state index in [0.29, 0.717) is 17.3 Å². The number of nitrogens with zero attached hydrogens (tertiary/aromatic N) is 1. The first-order chi connectivity index (χ1) is 17.6. The Kier molecular flexibility index (Phi) is 8.01. The van der Waals surface area contributed by atoms with E-state index >= 15 is 0 Å². The van der Waals surface area contributed by atoms with E-state index in [-0.39, 0.29) is 4.90 Å². The van der Waals surface area contributed by atoms with E-state index in [9.17, 15) is 18.3 Å². The number of benzene rings is 2. The Bertz CT molecular complexity index is 1420. The maximum absolute atomic E-state index is 13.0. The van der Waals surface area contributed by atoms with Crippen molar-refractivity contribution >= 4 is 27.8 Å². The molecule has 2 heterocycles. The second-order valence-electron chi connectivity index (χ2n) is 8.72. The van der Waals surface area contributed by atoms with Crippen LogP contribution in [0, 0.1) is 0 Å². The maximum atomic E-state index is 13.0. The molecule has 0 saturated heterocycles. The number of aliphatic carboxylic acids is 1. The van der Waals surface area contributed by atoms with Crippen LogP contribution in [-0.4, -0.2) is 35.3 Å². The molecule has 0 amide bonds. The molecule has 0 spiro atoms. The first kappa shape index (κ1) is 26.5. The van der Waals surface area contributed by atoms with Crippen molar-refractivity contribution in [1.82, 2.24) is 9.71 Å². The van der Waals surface area contributed by atoms with Crippen molar-refractivity contribution in [3.63, 3.8) is 0 Å². The minimum atomic E-state index is -4.12. The molecule has 0 unspecified atom stereocenters. The SMILES string of the molecule is CC(C)(SCc1ccccn1)[C@@H](NS(=O)(=O)c1ccc(Oc2ccc(-c3ccoc3)cc2)cc1)C(=O)O. The molecule has 0 saturated carbocycles. The van der Waals surface area contributed by atoms with Crippen molar-refractivity contribution in [2.24, 2.45) is 0 Å². The van der Waals surface area contributed by atoms with Gasteiger partial charge in [0.05, 0.1) is 23.1 Å². The molecule has 0 aliphatic carbocycles. The predicted molar refractivity (Wildman–Crippen MR) is 142 cm³/mol. The number of furan rings is 1. The van der Waals surface area contributed by atoms with Crippen LogP contribution >= 0.6 is 11.8 Å². The van der Waals surface area contributed by atoms with E-state index in [0.717, 1.165) is 16.8 Å². The van der Waals surface area contributed by atoms with Crippen molar-refractivity contribution in [2.45, 2.75) is 35.3 Å². The van der Waals surface area contributed by atoms with Crippen LogP contribution in [0.15, 0.2) is 101 Å². The van der Waals surface area contributed by atoms with Gasteiger partial charge in [-0.05, 0) is 74.0 Å². The maximum Gasteiger partial charge on any atom is 0.323 e. The van der Waals surface area contributed by atoms with Gasteiger partial charge in [0, 0.05) is 22.3 Å². The number of pyridine rings is 1. The smallest absolute Gasteiger partial charge is 0.323 e. The Morgan fingerprint density at radius 1 is 1.03 bits per heavy atom. The molecule has 0 fully saturated rings. The Morgan fingerprint density at radius 2 is 1.70 bits per heavy atom. The van der Waals surface area contributed by atoms with Crippen LogP contribution in [0.5, 0.6) is 11.5 Å². The molecule has 8 nitrogen and oxygen atoms in total. The fraction of sp³-hybridized carbons (Fsp3) is 0.185. The number of aromatic nitrogens is 1. The average Bonchev–Trinajstić information content (AvgIpc) is 3.43. The molecule has 2 N–H and O–H groups in total. The summed E-state index contributed by atoms with van der Waals surface area (Å²) in [5.74, 6) is 0.199. The van der Waals surface area contributed by atoms with Crippen molar-refractivity contribution < 1.29 is 27.5 Å². The van der Waals surface area contributed by atoms with Gasteiger partial charge in [0.25, 0.3) is 0 Å². The van der Waals surface area contributed by atoms with Gasteiger partial charge in [-0.1, -0.05) is 18.2 Å². The third kappa shape index (κ3) is 6.79. The van der Waals surface area contributed by atoms with Crippen LogP contribution in [0.2, 0.25) is 0 Å². The molecule has 0 bridgehead atoms. The molecule has 0 aliphatic heterocycles. The number of ether oxygens (including phenoxy) is 1. The molecule has 192 valence electrons. The molecule has 1 atom stereocenters. The fourth-order valence-electron chi connectivity index (χ4n) is 3.51. The summed E-state index contributed by atoms with van der Waals surface area (Å²) in [4.78, 5) is 16.2. The lowest BCUT2D eigenvalue weighted by Gasteiger charge is -2.31. The van der Waals surface area contributed by atoms with Gasteiger partial charge >= 0.3 is 5.97 Å². The highest BCUT2D eigenvalue weighted by molar-refractivity contribution is 8.00. The first-order valence-corrected chi connectivity index (χ1v) is 13.8. The highest BCUT2D eigenvalue weighted by Gasteiger charge is 2.39. The number of carbonyl (C=O) groups is 1. The number of thioether (sulfide) groups is 1. The van der Waals surface area contributed by atoms with Crippen LogP contribution in [-0.2, 0) is 20.6 Å². The number of carboxylic acid groups (broad SMARTS) is 1. The number of rotatable bonds is 11. The van der Waals surface area contributed by atoms with E-state index in [1.165, 1.54) is 36.0 Å². The number of hydrogen-bond acceptors (Lipinski definition) is 7. The summed E-state index contributed by atoms with van der Waals surface area (Å²) < 4.78 is 38.4. The molecule has 0 radical (unpaired) electrons. The molecule has 10 heteroatoms. The Hall–Kier alpha value is -3.60. The summed E-state index contributed by atoms with van der Waals surface area (Å²) >= 11 is 1.31. The van der Waals surface area contributed by atoms with E-state index in [2.05, 4.69) is 9.71 Å². The average molecular weight is 539 g/mol. The van der Waals surface area contributed by atoms with Crippen LogP contribution in [0.4, 0.5) is 0 Å². The van der Waals surface area contributed by atoms with E-state index in [1.54, 1.807) is 50.8 Å². The van der Waals surface area contributed by atoms with Gasteiger partial charge in [0.2, 0.25) is 10.0 Å². The number of hydrogen-bond donors (Lipinski definition) is 2. The number of nitrogens with one attached hydrogen (secondary N) is 1. The second kappa shape index (κ2) is 11.2. The summed E-state index contributed by atoms with van der Waals surface area (Å²) in [5.41, 5.74) is 2.70. The number of carboxylic acids is 1. The van der Waals surface area contributed by atoms with Crippen LogP contribution in [0.25, 0.3) is 11.1 Å². The zero-order valence-electron chi connectivity index (χ0n) is 20.2. The van der Waals surface area contributed by atoms with Gasteiger partial charge in [-0.3, -0.25) is 9.78 Å². The van der Waals surface area contributed by atoms with Crippen molar-refractivity contribution in [3.8, 4) is 22.6 Å². The molecular weight excluding hydrogens is 512 g/mol. The summed E-state index contributed by atoms with van der Waals surface area (Å²) in [6.45, 7) is 3.38. The molecule has 2 aromatic heterocycles. The zero-order valence-corrected chi connectivity index (χ0v) is 21.8. The van der Waals surface area contributed by atoms with Gasteiger partial charge in [-0.15, -0.1) is 11.8 Å². The fourth-order valence-corrected chi connectivity index (χ4v) is 5.93. The third-order valence-electron chi connectivity index (χ3n) is 5.61. The summed E-state index contributed by atoms with van der Waals surface area (Å²) in [7, 11) is -4.12. The lowest BCUT2D eigenvalue weighted by molar-refractivity contribution is -0.139. The summed E-state index contributed by atoms with van der Waals surface area (Å²) in [6.07, 6.45) is 4.91. The van der Waals surface area contributed by atoms with Crippen molar-refractivity contribution in [3.05, 3.63) is 97.2 Å². The van der Waals surface area contributed by atoms with Gasteiger partial charge < -0.3 is 14.3 Å². The minimum absolute atomic E-state index is 0.0630. The molecule has 4 aromatic rings. The normalized spacial score (nSPS) is 12.7. The van der Waals surface area contributed by atoms with Crippen molar-refractivity contribution in [1.29, 1.82) is 0 Å². The molecule has 2 aromatic carbocycles. The van der Waals surface area contributed by atoms with Crippen LogP contribution in [0.3, 0.4) is 0 Å². The largest absolute Gasteiger partial charge is 0.480 e. The predicted octanol–water partition coefficient (Wildman–Crippen LogP) is 5.58. The van der Waals surface area contributed by atoms with E-state index < -0.39 is 26.8 Å². The first-order valence-electron chi connectivity index (χ1n) is 11.3.